The highest BCUT2D eigenvalue weighted by Gasteiger charge is 2.21. The van der Waals surface area contributed by atoms with Gasteiger partial charge in [0.15, 0.2) is 0 Å². The van der Waals surface area contributed by atoms with Gasteiger partial charge in [-0.05, 0) is 67.6 Å². The molecule has 39 heavy (non-hydrogen) atoms. The molecule has 4 aromatic rings. The second kappa shape index (κ2) is 12.7. The summed E-state index contributed by atoms with van der Waals surface area (Å²) in [6.07, 6.45) is 1.87. The van der Waals surface area contributed by atoms with Crippen LogP contribution >= 0.6 is 0 Å². The summed E-state index contributed by atoms with van der Waals surface area (Å²) in [4.78, 5) is 32.6. The first-order chi connectivity index (χ1) is 18.9. The molecule has 1 heterocycles. The van der Waals surface area contributed by atoms with Crippen LogP contribution in [-0.2, 0) is 9.53 Å². The number of benzene rings is 3. The Bertz CT molecular complexity index is 1400. The first kappa shape index (κ1) is 27.4. The minimum Gasteiger partial charge on any atom is -0.497 e. The topological polar surface area (TPSA) is 94.9 Å². The van der Waals surface area contributed by atoms with Gasteiger partial charge in [0, 0.05) is 36.7 Å². The molecule has 202 valence electrons. The number of nitrogens with one attached hydrogen (secondary N) is 1. The molecule has 4 rings (SSSR count). The molecule has 9 heteroatoms. The van der Waals surface area contributed by atoms with Crippen molar-refractivity contribution >= 4 is 17.8 Å². The van der Waals surface area contributed by atoms with Gasteiger partial charge in [0.05, 0.1) is 26.5 Å². The van der Waals surface area contributed by atoms with Crippen molar-refractivity contribution in [2.24, 2.45) is 0 Å². The zero-order valence-corrected chi connectivity index (χ0v) is 22.5. The zero-order valence-electron chi connectivity index (χ0n) is 22.5. The smallest absolute Gasteiger partial charge is 0.254 e. The number of aryl methyl sites for hydroxylation is 1. The highest BCUT2D eigenvalue weighted by atomic mass is 16.5. The molecule has 0 saturated carbocycles. The van der Waals surface area contributed by atoms with Gasteiger partial charge in [-0.3, -0.25) is 19.5 Å². The van der Waals surface area contributed by atoms with Gasteiger partial charge in [0.1, 0.15) is 18.0 Å². The van der Waals surface area contributed by atoms with Crippen LogP contribution < -0.4 is 14.8 Å². The fourth-order valence-corrected chi connectivity index (χ4v) is 3.98. The van der Waals surface area contributed by atoms with E-state index >= 15 is 0 Å². The third-order valence-electron chi connectivity index (χ3n) is 6.18. The monoisotopic (exact) mass is 528 g/mol. The molecule has 1 aromatic heterocycles. The summed E-state index contributed by atoms with van der Waals surface area (Å²) in [6.45, 7) is 2.37. The van der Waals surface area contributed by atoms with Crippen LogP contribution in [0.3, 0.4) is 0 Å². The van der Waals surface area contributed by atoms with Gasteiger partial charge in [0.2, 0.25) is 11.9 Å². The van der Waals surface area contributed by atoms with E-state index in [-0.39, 0.29) is 31.5 Å². The van der Waals surface area contributed by atoms with E-state index in [1.54, 1.807) is 45.6 Å². The Hall–Kier alpha value is -4.63. The van der Waals surface area contributed by atoms with Gasteiger partial charge in [-0.2, -0.15) is 0 Å². The van der Waals surface area contributed by atoms with E-state index in [0.29, 0.717) is 23.0 Å². The number of amides is 2. The average Bonchev–Trinajstić information content (AvgIpc) is 3.38. The lowest BCUT2D eigenvalue weighted by Gasteiger charge is -2.22. The van der Waals surface area contributed by atoms with Crippen LogP contribution in [0.4, 0.5) is 5.95 Å². The molecule has 0 aliphatic carbocycles. The molecule has 0 atom stereocenters. The molecule has 0 radical (unpaired) electrons. The molecule has 1 N–H and O–H groups in total. The SMILES string of the molecule is COCCN(CC(=O)Nc1nc(-c2ccc(OC)cc2)cn1-c1ccc(C)cc1)C(=O)c1ccc(OC)cc1. The number of methoxy groups -OCH3 is 3. The molecular weight excluding hydrogens is 496 g/mol. The maximum atomic E-state index is 13.3. The molecule has 0 saturated heterocycles. The molecule has 2 amide bonds. The summed E-state index contributed by atoms with van der Waals surface area (Å²) < 4.78 is 17.4. The van der Waals surface area contributed by atoms with E-state index < -0.39 is 0 Å². The Morgan fingerprint density at radius 3 is 2.08 bits per heavy atom. The number of nitrogens with zero attached hydrogens (tertiary/aromatic N) is 3. The van der Waals surface area contributed by atoms with Gasteiger partial charge in [0.25, 0.3) is 5.91 Å². The number of anilines is 1. The van der Waals surface area contributed by atoms with Crippen LogP contribution in [0.1, 0.15) is 15.9 Å². The zero-order chi connectivity index (χ0) is 27.8. The molecule has 0 spiro atoms. The number of rotatable bonds is 11. The van der Waals surface area contributed by atoms with E-state index in [2.05, 4.69) is 5.32 Å². The average molecular weight is 529 g/mol. The summed E-state index contributed by atoms with van der Waals surface area (Å²) in [7, 11) is 4.73. The van der Waals surface area contributed by atoms with Gasteiger partial charge >= 0.3 is 0 Å². The Balaban J connectivity index is 1.59. The minimum absolute atomic E-state index is 0.174. The standard InChI is InChI=1S/C30H32N4O5/c1-21-5-11-24(12-6-21)34-19-27(22-7-13-25(38-3)14-8-22)31-30(34)32-28(35)20-33(17-18-37-2)29(36)23-9-15-26(39-4)16-10-23/h5-16,19H,17-18,20H2,1-4H3,(H,31,32,35). The molecule has 0 bridgehead atoms. The third-order valence-corrected chi connectivity index (χ3v) is 6.18. The number of imidazole rings is 1. The summed E-state index contributed by atoms with van der Waals surface area (Å²) in [5.74, 6) is 1.06. The summed E-state index contributed by atoms with van der Waals surface area (Å²) in [5.41, 5.74) is 3.95. The van der Waals surface area contributed by atoms with Crippen LogP contribution in [0, 0.1) is 6.92 Å². The van der Waals surface area contributed by atoms with Gasteiger partial charge < -0.3 is 19.1 Å². The summed E-state index contributed by atoms with van der Waals surface area (Å²) in [6, 6.07) is 22.2. The second-order valence-corrected chi connectivity index (χ2v) is 8.88. The van der Waals surface area contributed by atoms with Crippen molar-refractivity contribution in [1.82, 2.24) is 14.5 Å². The minimum atomic E-state index is -0.381. The predicted octanol–water partition coefficient (Wildman–Crippen LogP) is 4.59. The lowest BCUT2D eigenvalue weighted by Crippen LogP contribution is -2.40. The second-order valence-electron chi connectivity index (χ2n) is 8.88. The fourth-order valence-electron chi connectivity index (χ4n) is 3.98. The number of aromatic nitrogens is 2. The van der Waals surface area contributed by atoms with Crippen molar-refractivity contribution in [2.75, 3.05) is 46.3 Å². The normalized spacial score (nSPS) is 10.7. The van der Waals surface area contributed by atoms with Crippen molar-refractivity contribution in [3.05, 3.63) is 90.1 Å². The van der Waals surface area contributed by atoms with Crippen LogP contribution in [0.2, 0.25) is 0 Å². The van der Waals surface area contributed by atoms with Crippen LogP contribution in [0.15, 0.2) is 79.0 Å². The van der Waals surface area contributed by atoms with Crippen molar-refractivity contribution in [2.45, 2.75) is 6.92 Å². The van der Waals surface area contributed by atoms with E-state index in [1.165, 1.54) is 4.90 Å². The van der Waals surface area contributed by atoms with Gasteiger partial charge in [-0.15, -0.1) is 0 Å². The third kappa shape index (κ3) is 6.82. The van der Waals surface area contributed by atoms with Crippen molar-refractivity contribution in [3.63, 3.8) is 0 Å². The van der Waals surface area contributed by atoms with Crippen LogP contribution in [0.5, 0.6) is 11.5 Å². The first-order valence-corrected chi connectivity index (χ1v) is 12.4. The Labute approximate surface area is 227 Å². The number of carbonyl (C=O) groups excluding carboxylic acids is 2. The van der Waals surface area contributed by atoms with E-state index in [4.69, 9.17) is 19.2 Å². The molecule has 0 fully saturated rings. The number of hydrogen-bond acceptors (Lipinski definition) is 6. The maximum absolute atomic E-state index is 13.3. The summed E-state index contributed by atoms with van der Waals surface area (Å²) in [5, 5.41) is 2.90. The van der Waals surface area contributed by atoms with Crippen molar-refractivity contribution in [1.29, 1.82) is 0 Å². The summed E-state index contributed by atoms with van der Waals surface area (Å²) >= 11 is 0. The predicted molar refractivity (Wildman–Crippen MR) is 150 cm³/mol. The van der Waals surface area contributed by atoms with Gasteiger partial charge in [-0.1, -0.05) is 17.7 Å². The number of ether oxygens (including phenoxy) is 3. The van der Waals surface area contributed by atoms with Crippen molar-refractivity contribution in [3.8, 4) is 28.4 Å². The van der Waals surface area contributed by atoms with E-state index in [0.717, 1.165) is 22.6 Å². The first-order valence-electron chi connectivity index (χ1n) is 12.4. The molecule has 0 aliphatic rings. The fraction of sp³-hybridized carbons (Fsp3) is 0.233. The largest absolute Gasteiger partial charge is 0.497 e. The van der Waals surface area contributed by atoms with Crippen molar-refractivity contribution < 1.29 is 23.8 Å². The molecule has 3 aromatic carbocycles. The maximum Gasteiger partial charge on any atom is 0.254 e. The Morgan fingerprint density at radius 1 is 0.872 bits per heavy atom. The van der Waals surface area contributed by atoms with Crippen LogP contribution in [-0.4, -0.2) is 67.3 Å². The van der Waals surface area contributed by atoms with Gasteiger partial charge in [-0.25, -0.2) is 4.98 Å². The highest BCUT2D eigenvalue weighted by Crippen LogP contribution is 2.26. The number of hydrogen-bond donors (Lipinski definition) is 1. The number of carbonyl (C=O) groups is 2. The lowest BCUT2D eigenvalue weighted by atomic mass is 10.1. The molecule has 0 unspecified atom stereocenters. The Kier molecular flexibility index (Phi) is 8.96. The Morgan fingerprint density at radius 2 is 1.49 bits per heavy atom. The molecular formula is C30H32N4O5. The van der Waals surface area contributed by atoms with E-state index in [9.17, 15) is 9.59 Å². The van der Waals surface area contributed by atoms with Crippen LogP contribution in [0.25, 0.3) is 16.9 Å². The molecule has 9 nitrogen and oxygen atoms in total. The quantitative estimate of drug-likeness (QED) is 0.306. The van der Waals surface area contributed by atoms with E-state index in [1.807, 2.05) is 66.2 Å². The lowest BCUT2D eigenvalue weighted by molar-refractivity contribution is -0.117. The molecule has 0 aliphatic heterocycles. The highest BCUT2D eigenvalue weighted by molar-refractivity contribution is 5.99.